The first-order valence-corrected chi connectivity index (χ1v) is 21.6. The Morgan fingerprint density at radius 2 is 1.31 bits per heavy atom. The van der Waals surface area contributed by atoms with Gasteiger partial charge in [-0.1, -0.05) is 0 Å². The van der Waals surface area contributed by atoms with E-state index in [-0.39, 0.29) is 33.4 Å². The average molecular weight is 771 g/mol. The zero-order valence-corrected chi connectivity index (χ0v) is 35.6. The first kappa shape index (κ1) is 36.2. The Morgan fingerprint density at radius 1 is 0.714 bits per heavy atom. The van der Waals surface area contributed by atoms with E-state index in [1.165, 1.54) is 66.2 Å². The standard InChI is InChI=1S/C29H33.C17H23.2ClH.Zr/c1-14-13-24-25(18(5)15(14)2)21(8)28-27-20(7)17(4)16(3)19(6)26(27)22-11-9-10-12-23(22)29(24)28;1-12-3-4-16(2,8-12)17-9-13-5-14(10-17)7-15(6-13)11-17;;;/h9-13,16-17,19,21H,1-8H3;4,8,13-15H,5-7,9-11H2,1-2H3;2*1H;/q;;;;+2/p-2. The van der Waals surface area contributed by atoms with Crippen LogP contribution in [0.3, 0.4) is 0 Å². The second-order valence-corrected chi connectivity index (χ2v) is 22.9. The van der Waals surface area contributed by atoms with E-state index in [1.54, 1.807) is 38.8 Å². The third kappa shape index (κ3) is 4.75. The molecule has 0 N–H and O–H groups in total. The Labute approximate surface area is 321 Å². The van der Waals surface area contributed by atoms with Gasteiger partial charge in [0.25, 0.3) is 0 Å². The third-order valence-corrected chi connectivity index (χ3v) is 21.1. The van der Waals surface area contributed by atoms with Crippen LogP contribution < -0.4 is 24.8 Å². The number of hydrogen-bond acceptors (Lipinski definition) is 0. The van der Waals surface area contributed by atoms with E-state index in [9.17, 15) is 0 Å². The molecule has 4 bridgehead atoms. The van der Waals surface area contributed by atoms with E-state index in [0.29, 0.717) is 29.1 Å². The summed E-state index contributed by atoms with van der Waals surface area (Å²) in [6.45, 7) is 25.4. The minimum Gasteiger partial charge on any atom is -1.00 e. The number of benzene rings is 3. The van der Waals surface area contributed by atoms with Crippen molar-refractivity contribution in [3.63, 3.8) is 0 Å². The van der Waals surface area contributed by atoms with Crippen LogP contribution in [-0.2, 0) is 26.4 Å². The Morgan fingerprint density at radius 3 is 1.92 bits per heavy atom. The number of rotatable bonds is 3. The molecule has 258 valence electrons. The molecule has 4 saturated carbocycles. The molecule has 0 aliphatic heterocycles. The predicted octanol–water partition coefficient (Wildman–Crippen LogP) is 6.66. The van der Waals surface area contributed by atoms with Crippen molar-refractivity contribution in [1.82, 2.24) is 0 Å². The van der Waals surface area contributed by atoms with Crippen LogP contribution in [0.25, 0.3) is 21.9 Å². The summed E-state index contributed by atoms with van der Waals surface area (Å²) >= 11 is -1.08. The molecule has 7 aliphatic carbocycles. The smallest absolute Gasteiger partial charge is 1.00 e. The SMILES string of the molecule is CC1=CC(C)(C23CC4CC(CC(C4)C2)C3)C=[C]1[Zr+2][C]1(C)c2c3c(c4ccccc4c2C(C)C(C)C1C)-c1cc(C)c(C)c(C)c1C3C.[Cl-].[Cl-]. The maximum Gasteiger partial charge on any atom is -1.00 e. The predicted molar refractivity (Wildman–Crippen MR) is 196 cm³/mol. The molecule has 0 nitrogen and oxygen atoms in total. The number of hydrogen-bond donors (Lipinski definition) is 0. The van der Waals surface area contributed by atoms with E-state index in [1.807, 2.05) is 3.28 Å². The Kier molecular flexibility index (Phi) is 8.83. The van der Waals surface area contributed by atoms with Crippen LogP contribution in [0.2, 0.25) is 0 Å². The van der Waals surface area contributed by atoms with E-state index < -0.39 is 23.2 Å². The van der Waals surface area contributed by atoms with Crippen LogP contribution >= 0.6 is 0 Å². The second kappa shape index (κ2) is 11.9. The van der Waals surface area contributed by atoms with Crippen LogP contribution in [-0.4, -0.2) is 0 Å². The van der Waals surface area contributed by atoms with Crippen LogP contribution in [0.1, 0.15) is 138 Å². The molecular formula is C46H56Cl2Zr. The fourth-order valence-electron chi connectivity index (χ4n) is 13.4. The van der Waals surface area contributed by atoms with Gasteiger partial charge in [-0.25, -0.2) is 0 Å². The van der Waals surface area contributed by atoms with Gasteiger partial charge in [0.15, 0.2) is 0 Å². The van der Waals surface area contributed by atoms with Gasteiger partial charge in [-0.15, -0.1) is 0 Å². The molecule has 6 atom stereocenters. The summed E-state index contributed by atoms with van der Waals surface area (Å²) in [5.41, 5.74) is 16.8. The fourth-order valence-corrected chi connectivity index (χ4v) is 18.5. The molecule has 0 amide bonds. The molecule has 0 heterocycles. The minimum atomic E-state index is -1.08. The van der Waals surface area contributed by atoms with Gasteiger partial charge in [0.05, 0.1) is 0 Å². The van der Waals surface area contributed by atoms with Gasteiger partial charge in [0.1, 0.15) is 0 Å². The van der Waals surface area contributed by atoms with Crippen molar-refractivity contribution in [2.45, 2.75) is 123 Å². The molecule has 3 aromatic rings. The largest absolute Gasteiger partial charge is 1.00 e. The minimum absolute atomic E-state index is 0. The molecule has 6 unspecified atom stereocenters. The molecule has 4 fully saturated rings. The topological polar surface area (TPSA) is 0 Å². The van der Waals surface area contributed by atoms with Gasteiger partial charge >= 0.3 is 299 Å². The molecule has 49 heavy (non-hydrogen) atoms. The van der Waals surface area contributed by atoms with Crippen LogP contribution in [0, 0.1) is 61.2 Å². The molecule has 3 aromatic carbocycles. The van der Waals surface area contributed by atoms with Crippen molar-refractivity contribution in [3.05, 3.63) is 90.3 Å². The maximum atomic E-state index is 2.93. The van der Waals surface area contributed by atoms with Gasteiger partial charge in [-0.2, -0.15) is 0 Å². The van der Waals surface area contributed by atoms with Gasteiger partial charge in [-0.05, 0) is 0 Å². The Bertz CT molecular complexity index is 1910. The summed E-state index contributed by atoms with van der Waals surface area (Å²) in [5, 5.41) is 3.04. The van der Waals surface area contributed by atoms with Crippen LogP contribution in [0.5, 0.6) is 0 Å². The number of allylic oxidation sites excluding steroid dienone is 4. The first-order valence-electron chi connectivity index (χ1n) is 19.2. The number of aryl methyl sites for hydroxylation is 1. The Hall–Kier alpha value is -1.14. The van der Waals surface area contributed by atoms with Crippen molar-refractivity contribution >= 4 is 10.8 Å². The normalized spacial score (nSPS) is 37.8. The molecule has 0 spiro atoms. The zero-order valence-electron chi connectivity index (χ0n) is 31.6. The van der Waals surface area contributed by atoms with Crippen LogP contribution in [0.4, 0.5) is 0 Å². The fraction of sp³-hybridized carbons (Fsp3) is 0.565. The average Bonchev–Trinajstić information content (AvgIpc) is 3.49. The molecule has 0 radical (unpaired) electrons. The second-order valence-electron chi connectivity index (χ2n) is 18.4. The van der Waals surface area contributed by atoms with E-state index in [4.69, 9.17) is 0 Å². The Balaban J connectivity index is 0.00000189. The summed E-state index contributed by atoms with van der Waals surface area (Å²) in [6.07, 6.45) is 14.8. The number of halogens is 2. The molecular weight excluding hydrogens is 715 g/mol. The van der Waals surface area contributed by atoms with Crippen molar-refractivity contribution in [1.29, 1.82) is 0 Å². The zero-order chi connectivity index (χ0) is 32.9. The quantitative estimate of drug-likeness (QED) is 0.280. The van der Waals surface area contributed by atoms with Gasteiger partial charge in [-0.3, -0.25) is 0 Å². The summed E-state index contributed by atoms with van der Waals surface area (Å²) in [6, 6.07) is 12.1. The molecule has 10 rings (SSSR count). The summed E-state index contributed by atoms with van der Waals surface area (Å²) in [7, 11) is 0. The van der Waals surface area contributed by atoms with E-state index in [0.717, 1.165) is 17.8 Å². The van der Waals surface area contributed by atoms with E-state index >= 15 is 0 Å². The number of fused-ring (bicyclic) bond motifs is 8. The first-order chi connectivity index (χ1) is 22.3. The maximum absolute atomic E-state index is 2.93. The van der Waals surface area contributed by atoms with Gasteiger partial charge in [0, 0.05) is 0 Å². The van der Waals surface area contributed by atoms with Crippen molar-refractivity contribution in [2.24, 2.45) is 40.4 Å². The monoisotopic (exact) mass is 768 g/mol. The molecule has 3 heteroatoms. The van der Waals surface area contributed by atoms with E-state index in [2.05, 4.69) is 112 Å². The molecule has 0 aromatic heterocycles. The summed E-state index contributed by atoms with van der Waals surface area (Å²) in [5.74, 6) is 5.35. The van der Waals surface area contributed by atoms with Gasteiger partial charge in [0.2, 0.25) is 0 Å². The molecule has 7 aliphatic rings. The molecule has 0 saturated heterocycles. The third-order valence-electron chi connectivity index (χ3n) is 16.1. The summed E-state index contributed by atoms with van der Waals surface area (Å²) < 4.78 is 2.07. The van der Waals surface area contributed by atoms with Crippen molar-refractivity contribution in [2.75, 3.05) is 0 Å². The van der Waals surface area contributed by atoms with Crippen LogP contribution in [0.15, 0.2) is 51.3 Å². The van der Waals surface area contributed by atoms with Crippen molar-refractivity contribution in [3.8, 4) is 11.1 Å². The summed E-state index contributed by atoms with van der Waals surface area (Å²) in [4.78, 5) is 0. The van der Waals surface area contributed by atoms with Crippen molar-refractivity contribution < 1.29 is 48.0 Å². The van der Waals surface area contributed by atoms with Gasteiger partial charge < -0.3 is 24.8 Å².